The molecule has 0 bridgehead atoms. The molecule has 0 spiro atoms. The normalized spacial score (nSPS) is 10.2. The van der Waals surface area contributed by atoms with E-state index < -0.39 is 0 Å². The van der Waals surface area contributed by atoms with Crippen LogP contribution in [0.4, 0.5) is 0 Å². The summed E-state index contributed by atoms with van der Waals surface area (Å²) in [7, 11) is 1.37. The molecule has 0 saturated carbocycles. The lowest BCUT2D eigenvalue weighted by atomic mass is 10.2. The number of hydrogen-bond acceptors (Lipinski definition) is 4. The molecule has 1 aromatic carbocycles. The van der Waals surface area contributed by atoms with Crippen molar-refractivity contribution < 1.29 is 14.3 Å². The van der Waals surface area contributed by atoms with Gasteiger partial charge in [0.15, 0.2) is 0 Å². The minimum Gasteiger partial charge on any atom is -0.493 e. The van der Waals surface area contributed by atoms with Crippen LogP contribution < -0.4 is 10.1 Å². The van der Waals surface area contributed by atoms with Gasteiger partial charge in [-0.25, -0.2) is 0 Å². The minimum absolute atomic E-state index is 0.191. The number of halogens is 1. The molecule has 1 rings (SSSR count). The fourth-order valence-electron chi connectivity index (χ4n) is 1.41. The summed E-state index contributed by atoms with van der Waals surface area (Å²) in [5.41, 5.74) is 1.02. The van der Waals surface area contributed by atoms with Gasteiger partial charge in [-0.3, -0.25) is 4.79 Å². The Kier molecular flexibility index (Phi) is 6.75. The molecule has 0 atom stereocenters. The Morgan fingerprint density at radius 2 is 2.22 bits per heavy atom. The zero-order chi connectivity index (χ0) is 13.4. The van der Waals surface area contributed by atoms with Crippen LogP contribution in [-0.2, 0) is 16.1 Å². The summed E-state index contributed by atoms with van der Waals surface area (Å²) < 4.78 is 11.2. The van der Waals surface area contributed by atoms with Gasteiger partial charge < -0.3 is 14.8 Å². The van der Waals surface area contributed by atoms with E-state index in [4.69, 9.17) is 4.74 Å². The van der Waals surface area contributed by atoms with Gasteiger partial charge in [0.05, 0.1) is 20.3 Å². The molecule has 100 valence electrons. The molecule has 0 aliphatic carbocycles. The molecule has 0 amide bonds. The first-order valence-corrected chi connectivity index (χ1v) is 6.65. The van der Waals surface area contributed by atoms with E-state index in [9.17, 15) is 4.79 Å². The molecule has 1 aromatic rings. The maximum Gasteiger partial charge on any atom is 0.319 e. The summed E-state index contributed by atoms with van der Waals surface area (Å²) in [4.78, 5) is 11.0. The maximum absolute atomic E-state index is 11.0. The second-order valence-corrected chi connectivity index (χ2v) is 4.70. The van der Waals surface area contributed by atoms with Gasteiger partial charge in [-0.1, -0.05) is 22.9 Å². The number of carbonyl (C=O) groups is 1. The van der Waals surface area contributed by atoms with Gasteiger partial charge in [0.2, 0.25) is 0 Å². The lowest BCUT2D eigenvalue weighted by Crippen LogP contribution is -2.23. The smallest absolute Gasteiger partial charge is 0.319 e. The van der Waals surface area contributed by atoms with Gasteiger partial charge in [0, 0.05) is 16.6 Å². The fourth-order valence-corrected chi connectivity index (χ4v) is 1.82. The van der Waals surface area contributed by atoms with Crippen LogP contribution in [0.5, 0.6) is 5.75 Å². The molecule has 0 aliphatic rings. The molecule has 0 radical (unpaired) electrons. The second kappa shape index (κ2) is 8.11. The zero-order valence-electron chi connectivity index (χ0n) is 10.7. The SMILES string of the molecule is CCCOc1ccc(Br)cc1CNCC(=O)OC. The second-order valence-electron chi connectivity index (χ2n) is 3.78. The number of carbonyl (C=O) groups excluding carboxylic acids is 1. The molecule has 18 heavy (non-hydrogen) atoms. The van der Waals surface area contributed by atoms with E-state index >= 15 is 0 Å². The van der Waals surface area contributed by atoms with Gasteiger partial charge in [0.1, 0.15) is 5.75 Å². The summed E-state index contributed by atoms with van der Waals surface area (Å²) in [5.74, 6) is 0.568. The van der Waals surface area contributed by atoms with Crippen LogP contribution in [0.15, 0.2) is 22.7 Å². The number of benzene rings is 1. The number of nitrogens with one attached hydrogen (secondary N) is 1. The fraction of sp³-hybridized carbons (Fsp3) is 0.462. The summed E-state index contributed by atoms with van der Waals surface area (Å²) in [6, 6.07) is 5.85. The minimum atomic E-state index is -0.277. The van der Waals surface area contributed by atoms with Crippen molar-refractivity contribution in [1.82, 2.24) is 5.32 Å². The van der Waals surface area contributed by atoms with Crippen LogP contribution in [-0.4, -0.2) is 26.2 Å². The molecule has 1 N–H and O–H groups in total. The van der Waals surface area contributed by atoms with Crippen molar-refractivity contribution in [3.8, 4) is 5.75 Å². The number of hydrogen-bond donors (Lipinski definition) is 1. The van der Waals surface area contributed by atoms with Crippen molar-refractivity contribution in [3.05, 3.63) is 28.2 Å². The molecule has 0 aliphatic heterocycles. The summed E-state index contributed by atoms with van der Waals surface area (Å²) in [6.45, 7) is 3.50. The van der Waals surface area contributed by atoms with Crippen molar-refractivity contribution in [2.75, 3.05) is 20.3 Å². The van der Waals surface area contributed by atoms with Gasteiger partial charge in [0.25, 0.3) is 0 Å². The highest BCUT2D eigenvalue weighted by Gasteiger charge is 2.06. The predicted octanol–water partition coefficient (Wildman–Crippen LogP) is 2.50. The third-order valence-corrected chi connectivity index (χ3v) is 2.79. The lowest BCUT2D eigenvalue weighted by Gasteiger charge is -2.12. The lowest BCUT2D eigenvalue weighted by molar-refractivity contribution is -0.139. The van der Waals surface area contributed by atoms with E-state index in [0.717, 1.165) is 22.2 Å². The Morgan fingerprint density at radius 1 is 1.44 bits per heavy atom. The summed E-state index contributed by atoms with van der Waals surface area (Å²) >= 11 is 3.42. The predicted molar refractivity (Wildman–Crippen MR) is 73.7 cm³/mol. The van der Waals surface area contributed by atoms with Crippen LogP contribution in [0.2, 0.25) is 0 Å². The largest absolute Gasteiger partial charge is 0.493 e. The van der Waals surface area contributed by atoms with Crippen molar-refractivity contribution in [3.63, 3.8) is 0 Å². The van der Waals surface area contributed by atoms with E-state index in [1.807, 2.05) is 18.2 Å². The van der Waals surface area contributed by atoms with E-state index in [2.05, 4.69) is 32.9 Å². The Bertz CT molecular complexity index is 396. The van der Waals surface area contributed by atoms with Gasteiger partial charge in [-0.2, -0.15) is 0 Å². The molecular weight excluding hydrogens is 298 g/mol. The first kappa shape index (κ1) is 15.0. The van der Waals surface area contributed by atoms with Crippen LogP contribution in [0.1, 0.15) is 18.9 Å². The first-order chi connectivity index (χ1) is 8.67. The zero-order valence-corrected chi connectivity index (χ0v) is 12.2. The standard InChI is InChI=1S/C13H18BrNO3/c1-3-6-18-12-5-4-11(14)7-10(12)8-15-9-13(16)17-2/h4-5,7,15H,3,6,8-9H2,1-2H3. The first-order valence-electron chi connectivity index (χ1n) is 5.86. The van der Waals surface area contributed by atoms with Crippen LogP contribution >= 0.6 is 15.9 Å². The number of rotatable bonds is 7. The highest BCUT2D eigenvalue weighted by atomic mass is 79.9. The number of methoxy groups -OCH3 is 1. The van der Waals surface area contributed by atoms with Crippen molar-refractivity contribution in [2.24, 2.45) is 0 Å². The van der Waals surface area contributed by atoms with E-state index in [0.29, 0.717) is 13.2 Å². The quantitative estimate of drug-likeness (QED) is 0.785. The third kappa shape index (κ3) is 5.06. The maximum atomic E-state index is 11.0. The van der Waals surface area contributed by atoms with Crippen LogP contribution in [0.3, 0.4) is 0 Å². The van der Waals surface area contributed by atoms with Crippen LogP contribution in [0, 0.1) is 0 Å². The van der Waals surface area contributed by atoms with E-state index in [1.165, 1.54) is 7.11 Å². The Labute approximate surface area is 116 Å². The van der Waals surface area contributed by atoms with E-state index in [1.54, 1.807) is 0 Å². The average molecular weight is 316 g/mol. The molecule has 0 fully saturated rings. The highest BCUT2D eigenvalue weighted by Crippen LogP contribution is 2.23. The van der Waals surface area contributed by atoms with Gasteiger partial charge in [-0.05, 0) is 24.6 Å². The summed E-state index contributed by atoms with van der Waals surface area (Å²) in [5, 5.41) is 3.02. The molecule has 0 unspecified atom stereocenters. The third-order valence-electron chi connectivity index (χ3n) is 2.30. The Balaban J connectivity index is 2.60. The Morgan fingerprint density at radius 3 is 2.89 bits per heavy atom. The molecule has 4 nitrogen and oxygen atoms in total. The number of ether oxygens (including phenoxy) is 2. The number of esters is 1. The van der Waals surface area contributed by atoms with Crippen molar-refractivity contribution in [2.45, 2.75) is 19.9 Å². The Hall–Kier alpha value is -1.07. The average Bonchev–Trinajstić information content (AvgIpc) is 2.37. The highest BCUT2D eigenvalue weighted by molar-refractivity contribution is 9.10. The molecule has 0 aromatic heterocycles. The molecule has 0 heterocycles. The summed E-state index contributed by atoms with van der Waals surface area (Å²) in [6.07, 6.45) is 0.963. The molecule has 5 heteroatoms. The van der Waals surface area contributed by atoms with Crippen LogP contribution in [0.25, 0.3) is 0 Å². The monoisotopic (exact) mass is 315 g/mol. The molecule has 0 saturated heterocycles. The topological polar surface area (TPSA) is 47.6 Å². The van der Waals surface area contributed by atoms with Crippen molar-refractivity contribution >= 4 is 21.9 Å². The van der Waals surface area contributed by atoms with Gasteiger partial charge >= 0.3 is 5.97 Å². The molecular formula is C13H18BrNO3. The van der Waals surface area contributed by atoms with Crippen molar-refractivity contribution in [1.29, 1.82) is 0 Å². The van der Waals surface area contributed by atoms with Gasteiger partial charge in [-0.15, -0.1) is 0 Å². The van der Waals surface area contributed by atoms with E-state index in [-0.39, 0.29) is 12.5 Å².